The number of hydrogen-bond donors (Lipinski definition) is 0. The first kappa shape index (κ1) is 19.0. The predicted octanol–water partition coefficient (Wildman–Crippen LogP) is 3.93. The van der Waals surface area contributed by atoms with Crippen molar-refractivity contribution in [3.8, 4) is 0 Å². The van der Waals surface area contributed by atoms with Crippen LogP contribution in [-0.2, 0) is 12.0 Å². The summed E-state index contributed by atoms with van der Waals surface area (Å²) < 4.78 is 13.0. The second kappa shape index (κ2) is 7.84. The van der Waals surface area contributed by atoms with Gasteiger partial charge in [-0.15, -0.1) is 11.3 Å². The molecule has 0 atom stereocenters. The molecule has 1 aromatic carbocycles. The van der Waals surface area contributed by atoms with Crippen LogP contribution < -0.4 is 0 Å². The monoisotopic (exact) mass is 375 g/mol. The average molecular weight is 376 g/mol. The zero-order chi connectivity index (χ0) is 18.7. The quantitative estimate of drug-likeness (QED) is 0.816. The van der Waals surface area contributed by atoms with Gasteiger partial charge in [0, 0.05) is 38.1 Å². The second-order valence-corrected chi connectivity index (χ2v) is 8.86. The molecule has 2 aromatic rings. The highest BCUT2D eigenvalue weighted by molar-refractivity contribution is 7.13. The molecule has 1 aromatic heterocycles. The Labute approximate surface area is 158 Å². The Morgan fingerprint density at radius 1 is 1.15 bits per heavy atom. The van der Waals surface area contributed by atoms with Gasteiger partial charge in [0.15, 0.2) is 0 Å². The van der Waals surface area contributed by atoms with Crippen LogP contribution in [0, 0.1) is 5.82 Å². The van der Waals surface area contributed by atoms with Crippen LogP contribution in [0.1, 0.15) is 47.4 Å². The Morgan fingerprint density at radius 3 is 2.54 bits per heavy atom. The Balaban J connectivity index is 1.60. The van der Waals surface area contributed by atoms with Gasteiger partial charge in [-0.2, -0.15) is 0 Å². The van der Waals surface area contributed by atoms with Crippen molar-refractivity contribution in [1.82, 2.24) is 14.8 Å². The summed E-state index contributed by atoms with van der Waals surface area (Å²) in [4.78, 5) is 22.3. The summed E-state index contributed by atoms with van der Waals surface area (Å²) in [6.45, 7) is 10.4. The Hall–Kier alpha value is -1.79. The summed E-state index contributed by atoms with van der Waals surface area (Å²) in [6.07, 6.45) is 2.66. The van der Waals surface area contributed by atoms with Crippen LogP contribution >= 0.6 is 11.3 Å². The van der Waals surface area contributed by atoms with Crippen molar-refractivity contribution in [2.24, 2.45) is 0 Å². The van der Waals surface area contributed by atoms with Crippen molar-refractivity contribution in [3.05, 3.63) is 51.7 Å². The van der Waals surface area contributed by atoms with E-state index in [1.54, 1.807) is 6.20 Å². The smallest absolute Gasteiger partial charge is 0.265 e. The lowest BCUT2D eigenvalue weighted by Gasteiger charge is -2.21. The topological polar surface area (TPSA) is 36.4 Å². The van der Waals surface area contributed by atoms with Crippen molar-refractivity contribution in [3.63, 3.8) is 0 Å². The fraction of sp³-hybridized carbons (Fsp3) is 0.500. The van der Waals surface area contributed by atoms with Crippen LogP contribution in [0.15, 0.2) is 30.5 Å². The van der Waals surface area contributed by atoms with E-state index in [9.17, 15) is 9.18 Å². The Kier molecular flexibility index (Phi) is 5.73. The molecule has 140 valence electrons. The van der Waals surface area contributed by atoms with Crippen molar-refractivity contribution in [2.45, 2.75) is 39.2 Å². The molecule has 0 radical (unpaired) electrons. The first-order valence-corrected chi connectivity index (χ1v) is 9.87. The zero-order valence-electron chi connectivity index (χ0n) is 15.7. The summed E-state index contributed by atoms with van der Waals surface area (Å²) in [7, 11) is 0. The molecule has 2 heterocycles. The predicted molar refractivity (Wildman–Crippen MR) is 103 cm³/mol. The third-order valence-corrected chi connectivity index (χ3v) is 5.96. The van der Waals surface area contributed by atoms with Gasteiger partial charge in [-0.1, -0.05) is 32.9 Å². The Bertz CT molecular complexity index is 751. The van der Waals surface area contributed by atoms with E-state index < -0.39 is 0 Å². The molecule has 1 aliphatic heterocycles. The number of thiazole rings is 1. The second-order valence-electron chi connectivity index (χ2n) is 7.83. The molecule has 3 rings (SSSR count). The van der Waals surface area contributed by atoms with Gasteiger partial charge in [0.05, 0.1) is 11.2 Å². The molecule has 1 amide bonds. The molecule has 0 spiro atoms. The molecule has 0 aliphatic carbocycles. The van der Waals surface area contributed by atoms with E-state index in [2.05, 4.69) is 30.7 Å². The third kappa shape index (κ3) is 4.68. The van der Waals surface area contributed by atoms with Gasteiger partial charge in [-0.3, -0.25) is 9.69 Å². The average Bonchev–Trinajstić information content (AvgIpc) is 2.99. The van der Waals surface area contributed by atoms with Gasteiger partial charge in [0.1, 0.15) is 10.7 Å². The lowest BCUT2D eigenvalue weighted by Crippen LogP contribution is -2.34. The van der Waals surface area contributed by atoms with Crippen molar-refractivity contribution in [2.75, 3.05) is 26.2 Å². The number of nitrogens with zero attached hydrogens (tertiary/aromatic N) is 3. The fourth-order valence-electron chi connectivity index (χ4n) is 3.06. The summed E-state index contributed by atoms with van der Waals surface area (Å²) in [5, 5.41) is 0.994. The number of carbonyl (C=O) groups excluding carboxylic acids is 1. The maximum absolute atomic E-state index is 13.0. The van der Waals surface area contributed by atoms with Crippen molar-refractivity contribution < 1.29 is 9.18 Å². The van der Waals surface area contributed by atoms with E-state index in [0.29, 0.717) is 6.54 Å². The number of halogens is 1. The lowest BCUT2D eigenvalue weighted by atomic mass is 9.98. The molecule has 0 N–H and O–H groups in total. The number of benzene rings is 1. The molecule has 0 bridgehead atoms. The minimum absolute atomic E-state index is 0.0338. The third-order valence-electron chi connectivity index (χ3n) is 4.55. The summed E-state index contributed by atoms with van der Waals surface area (Å²) in [5.74, 6) is -0.123. The minimum Gasteiger partial charge on any atom is -0.337 e. The molecule has 4 nitrogen and oxygen atoms in total. The van der Waals surface area contributed by atoms with E-state index >= 15 is 0 Å². The lowest BCUT2D eigenvalue weighted by molar-refractivity contribution is 0.0765. The molecule has 1 fully saturated rings. The highest BCUT2D eigenvalue weighted by Gasteiger charge is 2.24. The largest absolute Gasteiger partial charge is 0.337 e. The van der Waals surface area contributed by atoms with Gasteiger partial charge in [-0.25, -0.2) is 9.37 Å². The van der Waals surface area contributed by atoms with Gasteiger partial charge in [-0.05, 0) is 24.1 Å². The maximum atomic E-state index is 13.0. The summed E-state index contributed by atoms with van der Waals surface area (Å²) in [6, 6.07) is 6.65. The maximum Gasteiger partial charge on any atom is 0.265 e. The van der Waals surface area contributed by atoms with E-state index in [-0.39, 0.29) is 17.1 Å². The van der Waals surface area contributed by atoms with Crippen LogP contribution in [-0.4, -0.2) is 46.9 Å². The molecule has 1 aliphatic rings. The van der Waals surface area contributed by atoms with E-state index in [1.807, 2.05) is 17.0 Å². The van der Waals surface area contributed by atoms with Gasteiger partial charge >= 0.3 is 0 Å². The van der Waals surface area contributed by atoms with E-state index in [4.69, 9.17) is 0 Å². The van der Waals surface area contributed by atoms with Crippen LogP contribution in [0.4, 0.5) is 4.39 Å². The summed E-state index contributed by atoms with van der Waals surface area (Å²) in [5.41, 5.74) is 1.07. The minimum atomic E-state index is -0.208. The molecular weight excluding hydrogens is 349 g/mol. The fourth-order valence-corrected chi connectivity index (χ4v) is 4.00. The van der Waals surface area contributed by atoms with Gasteiger partial charge in [0.25, 0.3) is 5.91 Å². The zero-order valence-corrected chi connectivity index (χ0v) is 16.5. The first-order valence-electron chi connectivity index (χ1n) is 9.05. The van der Waals surface area contributed by atoms with Crippen LogP contribution in [0.5, 0.6) is 0 Å². The van der Waals surface area contributed by atoms with Crippen LogP contribution in [0.2, 0.25) is 0 Å². The van der Waals surface area contributed by atoms with E-state index in [0.717, 1.165) is 48.0 Å². The highest BCUT2D eigenvalue weighted by Crippen LogP contribution is 2.27. The normalized spacial score (nSPS) is 16.5. The molecule has 6 heteroatoms. The SMILES string of the molecule is CC(C)(C)c1ncc(C(=O)N2CCCN(Cc3ccc(F)cc3)CC2)s1. The van der Waals surface area contributed by atoms with Crippen LogP contribution in [0.3, 0.4) is 0 Å². The van der Waals surface area contributed by atoms with Crippen molar-refractivity contribution in [1.29, 1.82) is 0 Å². The molecule has 26 heavy (non-hydrogen) atoms. The number of aromatic nitrogens is 1. The molecule has 0 saturated carbocycles. The Morgan fingerprint density at radius 2 is 1.88 bits per heavy atom. The number of carbonyl (C=O) groups is 1. The van der Waals surface area contributed by atoms with E-state index in [1.165, 1.54) is 23.5 Å². The number of rotatable bonds is 3. The van der Waals surface area contributed by atoms with Gasteiger partial charge < -0.3 is 4.90 Å². The van der Waals surface area contributed by atoms with Gasteiger partial charge in [0.2, 0.25) is 0 Å². The number of amides is 1. The molecule has 1 saturated heterocycles. The molecular formula is C20H26FN3OS. The summed E-state index contributed by atoms with van der Waals surface area (Å²) >= 11 is 1.50. The molecule has 0 unspecified atom stereocenters. The van der Waals surface area contributed by atoms with Crippen molar-refractivity contribution >= 4 is 17.2 Å². The first-order chi connectivity index (χ1) is 12.3. The standard InChI is InChI=1S/C20H26FN3OS/c1-20(2,3)19-22-13-17(26-19)18(25)24-10-4-9-23(11-12-24)14-15-5-7-16(21)8-6-15/h5-8,13H,4,9-12,14H2,1-3H3. The van der Waals surface area contributed by atoms with Crippen LogP contribution in [0.25, 0.3) is 0 Å². The highest BCUT2D eigenvalue weighted by atomic mass is 32.1. The number of hydrogen-bond acceptors (Lipinski definition) is 4.